The molecule has 152 valence electrons. The van der Waals surface area contributed by atoms with Gasteiger partial charge in [-0.1, -0.05) is 24.1 Å². The van der Waals surface area contributed by atoms with Gasteiger partial charge in [0.05, 0.1) is 0 Å². The minimum atomic E-state index is 0.109. The van der Waals surface area contributed by atoms with Gasteiger partial charge in [0, 0.05) is 36.7 Å². The van der Waals surface area contributed by atoms with Gasteiger partial charge in [0.15, 0.2) is 0 Å². The maximum absolute atomic E-state index is 12.6. The van der Waals surface area contributed by atoms with Crippen molar-refractivity contribution in [1.29, 1.82) is 0 Å². The third-order valence-electron chi connectivity index (χ3n) is 6.97. The van der Waals surface area contributed by atoms with Gasteiger partial charge in [-0.25, -0.2) is 0 Å². The van der Waals surface area contributed by atoms with Crippen LogP contribution in [0.4, 0.5) is 5.69 Å². The van der Waals surface area contributed by atoms with Crippen LogP contribution in [0.5, 0.6) is 0 Å². The molecular formula is C23H33N3O2. The average Bonchev–Trinajstić information content (AvgIpc) is 2.68. The minimum absolute atomic E-state index is 0.109. The topological polar surface area (TPSA) is 52.7 Å². The van der Waals surface area contributed by atoms with Crippen molar-refractivity contribution in [2.24, 2.45) is 11.8 Å². The van der Waals surface area contributed by atoms with Crippen molar-refractivity contribution < 1.29 is 9.59 Å². The summed E-state index contributed by atoms with van der Waals surface area (Å²) >= 11 is 0. The molecule has 0 unspecified atom stereocenters. The number of likely N-dealkylation sites (tertiary alicyclic amines) is 2. The molecular weight excluding hydrogens is 350 g/mol. The Kier molecular flexibility index (Phi) is 6.00. The van der Waals surface area contributed by atoms with Gasteiger partial charge in [0.25, 0.3) is 0 Å². The Labute approximate surface area is 168 Å². The van der Waals surface area contributed by atoms with Crippen LogP contribution >= 0.6 is 0 Å². The first kappa shape index (κ1) is 19.4. The summed E-state index contributed by atoms with van der Waals surface area (Å²) in [7, 11) is 0. The van der Waals surface area contributed by atoms with Crippen molar-refractivity contribution in [2.75, 3.05) is 31.5 Å². The van der Waals surface area contributed by atoms with Crippen LogP contribution in [-0.2, 0) is 9.59 Å². The number of aryl methyl sites for hydroxylation is 1. The van der Waals surface area contributed by atoms with E-state index < -0.39 is 0 Å². The number of rotatable bonds is 4. The number of hydrogen-bond donors (Lipinski definition) is 1. The second-order valence-electron chi connectivity index (χ2n) is 8.85. The van der Waals surface area contributed by atoms with E-state index in [0.717, 1.165) is 70.4 Å². The summed E-state index contributed by atoms with van der Waals surface area (Å²) in [5, 5.41) is 3.07. The molecule has 0 bridgehead atoms. The molecule has 1 aromatic carbocycles. The number of carbonyl (C=O) groups is 2. The zero-order valence-electron chi connectivity index (χ0n) is 17.0. The largest absolute Gasteiger partial charge is 0.342 e. The summed E-state index contributed by atoms with van der Waals surface area (Å²) in [6.07, 6.45) is 7.43. The SMILES string of the molecule is Cc1ccc(NC(=O)C2CCN(C3CCN(C(=O)C4CCC4)CC3)CC2)cc1. The molecule has 2 saturated heterocycles. The molecule has 2 aliphatic heterocycles. The summed E-state index contributed by atoms with van der Waals surface area (Å²) in [4.78, 5) is 29.7. The van der Waals surface area contributed by atoms with Crippen molar-refractivity contribution in [1.82, 2.24) is 9.80 Å². The van der Waals surface area contributed by atoms with Crippen molar-refractivity contribution in [2.45, 2.75) is 57.9 Å². The van der Waals surface area contributed by atoms with E-state index in [0.29, 0.717) is 17.9 Å². The fourth-order valence-corrected chi connectivity index (χ4v) is 4.77. The molecule has 2 heterocycles. The molecule has 0 atom stereocenters. The van der Waals surface area contributed by atoms with Gasteiger partial charge in [-0.15, -0.1) is 0 Å². The van der Waals surface area contributed by atoms with Gasteiger partial charge in [0.1, 0.15) is 0 Å². The summed E-state index contributed by atoms with van der Waals surface area (Å²) in [5.41, 5.74) is 2.09. The first-order valence-corrected chi connectivity index (χ1v) is 11.0. The van der Waals surface area contributed by atoms with Gasteiger partial charge in [-0.3, -0.25) is 9.59 Å². The van der Waals surface area contributed by atoms with Crippen LogP contribution in [0.15, 0.2) is 24.3 Å². The Bertz CT molecular complexity index is 682. The second-order valence-corrected chi connectivity index (χ2v) is 8.85. The van der Waals surface area contributed by atoms with Crippen LogP contribution in [0.3, 0.4) is 0 Å². The highest BCUT2D eigenvalue weighted by atomic mass is 16.2. The van der Waals surface area contributed by atoms with Crippen LogP contribution in [0.2, 0.25) is 0 Å². The van der Waals surface area contributed by atoms with E-state index in [1.807, 2.05) is 24.3 Å². The number of hydrogen-bond acceptors (Lipinski definition) is 3. The van der Waals surface area contributed by atoms with E-state index in [-0.39, 0.29) is 11.8 Å². The first-order valence-electron chi connectivity index (χ1n) is 11.0. The quantitative estimate of drug-likeness (QED) is 0.867. The maximum Gasteiger partial charge on any atom is 0.227 e. The molecule has 28 heavy (non-hydrogen) atoms. The zero-order chi connectivity index (χ0) is 19.5. The molecule has 1 aliphatic carbocycles. The van der Waals surface area contributed by atoms with Gasteiger partial charge in [-0.2, -0.15) is 0 Å². The fourth-order valence-electron chi connectivity index (χ4n) is 4.77. The van der Waals surface area contributed by atoms with Crippen LogP contribution < -0.4 is 5.32 Å². The maximum atomic E-state index is 12.6. The normalized spacial score (nSPS) is 22.7. The predicted octanol–water partition coefficient (Wildman–Crippen LogP) is 3.44. The van der Waals surface area contributed by atoms with Crippen molar-refractivity contribution >= 4 is 17.5 Å². The van der Waals surface area contributed by atoms with E-state index in [1.165, 1.54) is 12.0 Å². The van der Waals surface area contributed by atoms with Gasteiger partial charge in [0.2, 0.25) is 11.8 Å². The lowest BCUT2D eigenvalue weighted by Gasteiger charge is -2.42. The summed E-state index contributed by atoms with van der Waals surface area (Å²) in [6, 6.07) is 8.58. The molecule has 3 aliphatic rings. The lowest BCUT2D eigenvalue weighted by molar-refractivity contribution is -0.140. The molecule has 0 radical (unpaired) electrons. The molecule has 1 aromatic rings. The molecule has 5 heteroatoms. The van der Waals surface area contributed by atoms with Crippen molar-refractivity contribution in [3.05, 3.63) is 29.8 Å². The average molecular weight is 384 g/mol. The Morgan fingerprint density at radius 1 is 0.857 bits per heavy atom. The lowest BCUT2D eigenvalue weighted by Crippen LogP contribution is -2.51. The monoisotopic (exact) mass is 383 g/mol. The molecule has 1 N–H and O–H groups in total. The Morgan fingerprint density at radius 3 is 2.07 bits per heavy atom. The number of nitrogens with one attached hydrogen (secondary N) is 1. The van der Waals surface area contributed by atoms with Gasteiger partial charge >= 0.3 is 0 Å². The Morgan fingerprint density at radius 2 is 1.50 bits per heavy atom. The highest BCUT2D eigenvalue weighted by Gasteiger charge is 2.34. The molecule has 0 aromatic heterocycles. The van der Waals surface area contributed by atoms with Crippen LogP contribution in [0.1, 0.15) is 50.5 Å². The van der Waals surface area contributed by atoms with Gasteiger partial charge in [-0.05, 0) is 70.7 Å². The van der Waals surface area contributed by atoms with Crippen molar-refractivity contribution in [3.8, 4) is 0 Å². The standard InChI is InChI=1S/C23H33N3O2/c1-17-5-7-20(8-6-17)24-22(27)18-9-13-25(14-10-18)21-11-15-26(16-12-21)23(28)19-3-2-4-19/h5-8,18-19,21H,2-4,9-16H2,1H3,(H,24,27). The van der Waals surface area contributed by atoms with Gasteiger partial charge < -0.3 is 15.1 Å². The minimum Gasteiger partial charge on any atom is -0.342 e. The highest BCUT2D eigenvalue weighted by Crippen LogP contribution is 2.30. The summed E-state index contributed by atoms with van der Waals surface area (Å²) in [5.74, 6) is 0.984. The fraction of sp³-hybridized carbons (Fsp3) is 0.652. The van der Waals surface area contributed by atoms with E-state index in [1.54, 1.807) is 0 Å². The van der Waals surface area contributed by atoms with Crippen LogP contribution in [0, 0.1) is 18.8 Å². The predicted molar refractivity (Wildman–Crippen MR) is 111 cm³/mol. The number of piperidine rings is 2. The van der Waals surface area contributed by atoms with E-state index in [4.69, 9.17) is 0 Å². The number of nitrogens with zero attached hydrogens (tertiary/aromatic N) is 2. The van der Waals surface area contributed by atoms with Crippen LogP contribution in [-0.4, -0.2) is 53.8 Å². The van der Waals surface area contributed by atoms with Crippen LogP contribution in [0.25, 0.3) is 0 Å². The number of amides is 2. The van der Waals surface area contributed by atoms with E-state index in [9.17, 15) is 9.59 Å². The second kappa shape index (κ2) is 8.64. The molecule has 3 fully saturated rings. The highest BCUT2D eigenvalue weighted by molar-refractivity contribution is 5.92. The Hall–Kier alpha value is -1.88. The summed E-state index contributed by atoms with van der Waals surface area (Å²) < 4.78 is 0. The molecule has 2 amide bonds. The van der Waals surface area contributed by atoms with E-state index in [2.05, 4.69) is 22.0 Å². The van der Waals surface area contributed by atoms with Crippen molar-refractivity contribution in [3.63, 3.8) is 0 Å². The third kappa shape index (κ3) is 4.40. The molecule has 4 rings (SSSR count). The number of carbonyl (C=O) groups excluding carboxylic acids is 2. The first-order chi connectivity index (χ1) is 13.6. The number of anilines is 1. The Balaban J connectivity index is 1.20. The summed E-state index contributed by atoms with van der Waals surface area (Å²) in [6.45, 7) is 5.86. The smallest absolute Gasteiger partial charge is 0.227 e. The zero-order valence-corrected chi connectivity index (χ0v) is 17.0. The third-order valence-corrected chi connectivity index (χ3v) is 6.97. The molecule has 5 nitrogen and oxygen atoms in total. The number of benzene rings is 1. The molecule has 0 spiro atoms. The lowest BCUT2D eigenvalue weighted by atomic mass is 9.84. The van der Waals surface area contributed by atoms with E-state index >= 15 is 0 Å². The molecule has 1 saturated carbocycles.